The second kappa shape index (κ2) is 7.20. The fourth-order valence-corrected chi connectivity index (χ4v) is 5.79. The number of amides is 1. The highest BCUT2D eigenvalue weighted by Crippen LogP contribution is 2.50. The van der Waals surface area contributed by atoms with Crippen LogP contribution in [0.25, 0.3) is 0 Å². The molecule has 1 spiro atoms. The summed E-state index contributed by atoms with van der Waals surface area (Å²) in [4.78, 5) is 29.2. The van der Waals surface area contributed by atoms with Gasteiger partial charge in [0.25, 0.3) is 0 Å². The Morgan fingerprint density at radius 1 is 1.15 bits per heavy atom. The maximum atomic E-state index is 13.9. The van der Waals surface area contributed by atoms with Gasteiger partial charge in [-0.15, -0.1) is 0 Å². The molecule has 3 saturated heterocycles. The standard InChI is InChI=1S/C19H30FN3O4/c1-27-17(24)16-8-13(20)11-23(16)14-2-5-21(6-3-14)15-9-19(10-15)4-7-22(12-19)18(25)26/h13-16H,2-12H2,1H3,(H,25,26)/t13-,15?,16+,19?/m0/s1. The Kier molecular flexibility index (Phi) is 5.05. The number of hydrogen-bond donors (Lipinski definition) is 1. The van der Waals surface area contributed by atoms with Crippen molar-refractivity contribution in [1.29, 1.82) is 0 Å². The lowest BCUT2D eigenvalue weighted by atomic mass is 9.64. The summed E-state index contributed by atoms with van der Waals surface area (Å²) in [6, 6.07) is 0.353. The number of halogens is 1. The van der Waals surface area contributed by atoms with Gasteiger partial charge in [-0.25, -0.2) is 9.18 Å². The van der Waals surface area contributed by atoms with Crippen molar-refractivity contribution in [3.63, 3.8) is 0 Å². The van der Waals surface area contributed by atoms with Gasteiger partial charge < -0.3 is 19.6 Å². The summed E-state index contributed by atoms with van der Waals surface area (Å²) in [5.74, 6) is -0.317. The largest absolute Gasteiger partial charge is 0.468 e. The quantitative estimate of drug-likeness (QED) is 0.746. The lowest BCUT2D eigenvalue weighted by Gasteiger charge is -2.52. The molecule has 3 aliphatic heterocycles. The summed E-state index contributed by atoms with van der Waals surface area (Å²) < 4.78 is 18.8. The normalized spacial score (nSPS) is 38.3. The Hall–Kier alpha value is -1.41. The minimum atomic E-state index is -0.946. The predicted molar refractivity (Wildman–Crippen MR) is 96.3 cm³/mol. The molecule has 1 saturated carbocycles. The van der Waals surface area contributed by atoms with Gasteiger partial charge in [-0.05, 0) is 50.6 Å². The number of ether oxygens (including phenoxy) is 1. The van der Waals surface area contributed by atoms with Gasteiger partial charge in [0.15, 0.2) is 0 Å². The monoisotopic (exact) mass is 383 g/mol. The van der Waals surface area contributed by atoms with Gasteiger partial charge >= 0.3 is 12.1 Å². The van der Waals surface area contributed by atoms with Crippen molar-refractivity contribution in [2.75, 3.05) is 39.8 Å². The number of hydrogen-bond acceptors (Lipinski definition) is 5. The van der Waals surface area contributed by atoms with Crippen LogP contribution in [0.3, 0.4) is 0 Å². The molecule has 3 heterocycles. The van der Waals surface area contributed by atoms with Crippen LogP contribution in [0.15, 0.2) is 0 Å². The fourth-order valence-electron chi connectivity index (χ4n) is 5.79. The highest BCUT2D eigenvalue weighted by Gasteiger charge is 2.51. The molecule has 27 heavy (non-hydrogen) atoms. The van der Waals surface area contributed by atoms with Gasteiger partial charge in [-0.2, -0.15) is 0 Å². The van der Waals surface area contributed by atoms with E-state index in [-0.39, 0.29) is 23.8 Å². The van der Waals surface area contributed by atoms with Crippen molar-refractivity contribution < 1.29 is 23.8 Å². The average Bonchev–Trinajstić information content (AvgIpc) is 3.24. The second-order valence-corrected chi connectivity index (χ2v) is 8.85. The smallest absolute Gasteiger partial charge is 0.407 e. The third kappa shape index (κ3) is 3.53. The van der Waals surface area contributed by atoms with E-state index in [9.17, 15) is 14.0 Å². The Balaban J connectivity index is 1.27. The van der Waals surface area contributed by atoms with Gasteiger partial charge in [0, 0.05) is 38.1 Å². The minimum Gasteiger partial charge on any atom is -0.468 e. The lowest BCUT2D eigenvalue weighted by molar-refractivity contribution is -0.147. The third-order valence-corrected chi connectivity index (χ3v) is 7.29. The van der Waals surface area contributed by atoms with Crippen LogP contribution in [-0.4, -0.2) is 96.0 Å². The maximum Gasteiger partial charge on any atom is 0.407 e. The van der Waals surface area contributed by atoms with Gasteiger partial charge in [-0.1, -0.05) is 0 Å². The third-order valence-electron chi connectivity index (χ3n) is 7.29. The number of carboxylic acid groups (broad SMARTS) is 1. The van der Waals surface area contributed by atoms with Crippen LogP contribution in [-0.2, 0) is 9.53 Å². The number of carbonyl (C=O) groups is 2. The zero-order valence-electron chi connectivity index (χ0n) is 16.0. The average molecular weight is 383 g/mol. The molecular weight excluding hydrogens is 353 g/mol. The summed E-state index contributed by atoms with van der Waals surface area (Å²) in [6.45, 7) is 3.62. The Morgan fingerprint density at radius 2 is 1.85 bits per heavy atom. The van der Waals surface area contributed by atoms with Gasteiger partial charge in [0.1, 0.15) is 12.2 Å². The topological polar surface area (TPSA) is 73.3 Å². The zero-order chi connectivity index (χ0) is 19.2. The van der Waals surface area contributed by atoms with E-state index in [4.69, 9.17) is 9.84 Å². The van der Waals surface area contributed by atoms with Crippen LogP contribution >= 0.6 is 0 Å². The second-order valence-electron chi connectivity index (χ2n) is 8.85. The first-order valence-electron chi connectivity index (χ1n) is 10.1. The first-order valence-corrected chi connectivity index (χ1v) is 10.1. The van der Waals surface area contributed by atoms with Gasteiger partial charge in [-0.3, -0.25) is 9.69 Å². The van der Waals surface area contributed by atoms with Crippen molar-refractivity contribution in [3.8, 4) is 0 Å². The molecule has 0 unspecified atom stereocenters. The van der Waals surface area contributed by atoms with Gasteiger partial charge in [0.05, 0.1) is 7.11 Å². The molecule has 4 fully saturated rings. The first kappa shape index (κ1) is 18.9. The molecule has 1 aliphatic carbocycles. The summed E-state index contributed by atoms with van der Waals surface area (Å²) in [5.41, 5.74) is 0.201. The maximum absolute atomic E-state index is 13.9. The number of piperidine rings is 1. The number of alkyl halides is 1. The summed E-state index contributed by atoms with van der Waals surface area (Å²) in [5, 5.41) is 9.16. The molecule has 4 rings (SSSR count). The number of rotatable bonds is 3. The van der Waals surface area contributed by atoms with E-state index >= 15 is 0 Å². The molecule has 0 aromatic rings. The van der Waals surface area contributed by atoms with E-state index in [0.717, 1.165) is 45.2 Å². The number of likely N-dealkylation sites (tertiary alicyclic amines) is 3. The molecule has 0 aromatic heterocycles. The molecular formula is C19H30FN3O4. The minimum absolute atomic E-state index is 0.201. The SMILES string of the molecule is COC(=O)[C@H]1C[C@H](F)CN1C1CCN(C2CC3(CCN(C(=O)O)C3)C2)CC1. The molecule has 1 N–H and O–H groups in total. The van der Waals surface area contributed by atoms with Crippen LogP contribution in [0.1, 0.15) is 38.5 Å². The van der Waals surface area contributed by atoms with Crippen LogP contribution in [0, 0.1) is 5.41 Å². The zero-order valence-corrected chi connectivity index (χ0v) is 16.0. The molecule has 4 aliphatic rings. The summed E-state index contributed by atoms with van der Waals surface area (Å²) in [7, 11) is 1.37. The number of carbonyl (C=O) groups excluding carboxylic acids is 1. The highest BCUT2D eigenvalue weighted by molar-refractivity contribution is 5.76. The van der Waals surface area contributed by atoms with Crippen molar-refractivity contribution in [2.45, 2.75) is 62.8 Å². The van der Waals surface area contributed by atoms with Crippen molar-refractivity contribution in [1.82, 2.24) is 14.7 Å². The highest BCUT2D eigenvalue weighted by atomic mass is 19.1. The molecule has 0 aromatic carbocycles. The van der Waals surface area contributed by atoms with E-state index in [1.807, 2.05) is 4.90 Å². The summed E-state index contributed by atoms with van der Waals surface area (Å²) in [6.07, 6.45) is 3.56. The molecule has 152 valence electrons. The lowest BCUT2D eigenvalue weighted by Crippen LogP contribution is -2.56. The number of nitrogens with zero attached hydrogens (tertiary/aromatic N) is 3. The first-order chi connectivity index (χ1) is 12.9. The van der Waals surface area contributed by atoms with E-state index in [1.54, 1.807) is 4.90 Å². The van der Waals surface area contributed by atoms with Crippen LogP contribution in [0.5, 0.6) is 0 Å². The van der Waals surface area contributed by atoms with Crippen LogP contribution in [0.4, 0.5) is 9.18 Å². The van der Waals surface area contributed by atoms with Crippen molar-refractivity contribution in [3.05, 3.63) is 0 Å². The molecule has 2 atom stereocenters. The Bertz CT molecular complexity index is 590. The molecule has 7 nitrogen and oxygen atoms in total. The molecule has 0 radical (unpaired) electrons. The van der Waals surface area contributed by atoms with E-state index in [1.165, 1.54) is 7.11 Å². The number of methoxy groups -OCH3 is 1. The molecule has 0 bridgehead atoms. The predicted octanol–water partition coefficient (Wildman–Crippen LogP) is 1.57. The molecule has 8 heteroatoms. The Morgan fingerprint density at radius 3 is 2.44 bits per heavy atom. The molecule has 1 amide bonds. The fraction of sp³-hybridized carbons (Fsp3) is 0.895. The summed E-state index contributed by atoms with van der Waals surface area (Å²) >= 11 is 0. The number of esters is 1. The van der Waals surface area contributed by atoms with E-state index in [0.29, 0.717) is 25.7 Å². The van der Waals surface area contributed by atoms with Crippen molar-refractivity contribution in [2.24, 2.45) is 5.41 Å². The van der Waals surface area contributed by atoms with E-state index in [2.05, 4.69) is 4.90 Å². The van der Waals surface area contributed by atoms with Crippen LogP contribution < -0.4 is 0 Å². The van der Waals surface area contributed by atoms with Crippen LogP contribution in [0.2, 0.25) is 0 Å². The van der Waals surface area contributed by atoms with Crippen molar-refractivity contribution >= 4 is 12.1 Å². The van der Waals surface area contributed by atoms with Gasteiger partial charge in [0.2, 0.25) is 0 Å². The Labute approximate surface area is 159 Å². The van der Waals surface area contributed by atoms with E-state index < -0.39 is 18.3 Å².